The fraction of sp³-hybridized carbons (Fsp3) is 0.444. The molecule has 0 aromatic carbocycles. The number of alkyl halides is 1. The van der Waals surface area contributed by atoms with Gasteiger partial charge in [-0.05, 0) is 18.9 Å². The summed E-state index contributed by atoms with van der Waals surface area (Å²) in [5, 5.41) is 9.72. The first-order chi connectivity index (χ1) is 12.5. The van der Waals surface area contributed by atoms with Crippen LogP contribution in [0.25, 0.3) is 11.0 Å². The van der Waals surface area contributed by atoms with Crippen molar-refractivity contribution in [3.8, 4) is 6.07 Å². The molecule has 0 bridgehead atoms. The average molecular weight is 354 g/mol. The van der Waals surface area contributed by atoms with Gasteiger partial charge in [0.1, 0.15) is 24.2 Å². The number of fused-ring (bicyclic) bond motifs is 1. The summed E-state index contributed by atoms with van der Waals surface area (Å²) in [4.78, 5) is 27.5. The quantitative estimate of drug-likeness (QED) is 0.851. The van der Waals surface area contributed by atoms with Gasteiger partial charge in [-0.15, -0.1) is 0 Å². The van der Waals surface area contributed by atoms with Crippen LogP contribution in [0.2, 0.25) is 0 Å². The smallest absolute Gasteiger partial charge is 0.237 e. The summed E-state index contributed by atoms with van der Waals surface area (Å²) in [7, 11) is 0. The maximum absolute atomic E-state index is 15.5. The lowest BCUT2D eigenvalue weighted by molar-refractivity contribution is -0.177. The summed E-state index contributed by atoms with van der Waals surface area (Å²) in [5.74, 6) is 0.389. The molecule has 2 saturated heterocycles. The van der Waals surface area contributed by atoms with Crippen molar-refractivity contribution in [3.63, 3.8) is 0 Å². The molecule has 7 nitrogen and oxygen atoms in total. The first kappa shape index (κ1) is 16.5. The molecule has 26 heavy (non-hydrogen) atoms. The molecule has 1 N–H and O–H groups in total. The van der Waals surface area contributed by atoms with Crippen molar-refractivity contribution in [2.45, 2.75) is 30.5 Å². The zero-order valence-corrected chi connectivity index (χ0v) is 14.3. The average Bonchev–Trinajstić information content (AvgIpc) is 3.14. The Morgan fingerprint density at radius 3 is 3.12 bits per heavy atom. The van der Waals surface area contributed by atoms with E-state index in [2.05, 4.69) is 21.5 Å². The molecule has 134 valence electrons. The number of aromatic amines is 1. The van der Waals surface area contributed by atoms with Gasteiger partial charge >= 0.3 is 0 Å². The number of carbonyl (C=O) groups is 1. The number of halogens is 1. The van der Waals surface area contributed by atoms with Gasteiger partial charge in [0.2, 0.25) is 5.91 Å². The second-order valence-corrected chi connectivity index (χ2v) is 6.88. The molecule has 1 amide bonds. The Bertz CT molecular complexity index is 920. The van der Waals surface area contributed by atoms with E-state index in [1.54, 1.807) is 6.20 Å². The Morgan fingerprint density at radius 2 is 2.35 bits per heavy atom. The number of hydrogen-bond acceptors (Lipinski definition) is 5. The van der Waals surface area contributed by atoms with Gasteiger partial charge in [-0.25, -0.2) is 14.4 Å². The third kappa shape index (κ3) is 2.13. The number of anilines is 1. The summed E-state index contributed by atoms with van der Waals surface area (Å²) in [5.41, 5.74) is -1.95. The Morgan fingerprint density at radius 1 is 1.50 bits per heavy atom. The number of piperidine rings is 1. The fourth-order valence-corrected chi connectivity index (χ4v) is 4.29. The number of hydrogen-bond donors (Lipinski definition) is 1. The molecule has 2 aliphatic heterocycles. The Balaban J connectivity index is 1.71. The van der Waals surface area contributed by atoms with E-state index in [1.165, 1.54) is 17.3 Å². The Labute approximate surface area is 150 Å². The van der Waals surface area contributed by atoms with E-state index >= 15 is 4.39 Å². The van der Waals surface area contributed by atoms with Crippen LogP contribution in [-0.4, -0.2) is 56.6 Å². The fourth-order valence-electron chi connectivity index (χ4n) is 4.29. The van der Waals surface area contributed by atoms with Crippen molar-refractivity contribution in [2.75, 3.05) is 24.5 Å². The zero-order valence-electron chi connectivity index (χ0n) is 14.3. The first-order valence-corrected chi connectivity index (χ1v) is 8.58. The third-order valence-electron chi connectivity index (χ3n) is 5.64. The topological polar surface area (TPSA) is 88.9 Å². The summed E-state index contributed by atoms with van der Waals surface area (Å²) in [6.45, 7) is 4.63. The van der Waals surface area contributed by atoms with Gasteiger partial charge in [-0.3, -0.25) is 4.79 Å². The van der Waals surface area contributed by atoms with E-state index < -0.39 is 11.2 Å². The Hall–Kier alpha value is -2.95. The number of likely N-dealkylation sites (tertiary alicyclic amines) is 1. The van der Waals surface area contributed by atoms with Gasteiger partial charge in [0.05, 0.1) is 23.5 Å². The molecule has 1 spiro atoms. The SMILES string of the molecule is C=CC1(F)CN(C(=O)CC#N)C12CCCN(c1ncnc3[nH]ccc13)C2. The second-order valence-electron chi connectivity index (χ2n) is 6.88. The Kier molecular flexibility index (Phi) is 3.68. The molecule has 2 aliphatic rings. The number of aromatic nitrogens is 3. The molecule has 4 heterocycles. The van der Waals surface area contributed by atoms with E-state index in [-0.39, 0.29) is 18.9 Å². The minimum Gasteiger partial charge on any atom is -0.353 e. The molecule has 2 unspecified atom stereocenters. The lowest BCUT2D eigenvalue weighted by Crippen LogP contribution is -2.81. The van der Waals surface area contributed by atoms with E-state index in [9.17, 15) is 4.79 Å². The van der Waals surface area contributed by atoms with E-state index in [1.807, 2.05) is 17.0 Å². The van der Waals surface area contributed by atoms with Crippen LogP contribution < -0.4 is 4.90 Å². The van der Waals surface area contributed by atoms with E-state index in [0.717, 1.165) is 16.9 Å². The number of nitrogens with one attached hydrogen (secondary N) is 1. The first-order valence-electron chi connectivity index (χ1n) is 8.58. The van der Waals surface area contributed by atoms with Crippen molar-refractivity contribution >= 4 is 22.8 Å². The van der Waals surface area contributed by atoms with Crippen LogP contribution in [0.3, 0.4) is 0 Å². The van der Waals surface area contributed by atoms with Crippen LogP contribution in [0.1, 0.15) is 19.3 Å². The molecule has 4 rings (SSSR count). The van der Waals surface area contributed by atoms with Gasteiger partial charge in [0.25, 0.3) is 0 Å². The number of nitrogens with zero attached hydrogens (tertiary/aromatic N) is 5. The number of nitriles is 1. The van der Waals surface area contributed by atoms with Crippen LogP contribution >= 0.6 is 0 Å². The molecule has 0 saturated carbocycles. The van der Waals surface area contributed by atoms with Crippen LogP contribution in [0.5, 0.6) is 0 Å². The van der Waals surface area contributed by atoms with Crippen LogP contribution in [0.4, 0.5) is 10.2 Å². The van der Waals surface area contributed by atoms with Gasteiger partial charge < -0.3 is 14.8 Å². The summed E-state index contributed by atoms with van der Waals surface area (Å²) in [6.07, 6.45) is 5.57. The molecule has 2 aromatic rings. The van der Waals surface area contributed by atoms with E-state index in [4.69, 9.17) is 5.26 Å². The highest BCUT2D eigenvalue weighted by atomic mass is 19.1. The zero-order chi connectivity index (χ0) is 18.4. The molecule has 8 heteroatoms. The molecular weight excluding hydrogens is 335 g/mol. The largest absolute Gasteiger partial charge is 0.353 e. The lowest BCUT2D eigenvalue weighted by atomic mass is 9.66. The predicted molar refractivity (Wildman–Crippen MR) is 94.0 cm³/mol. The number of amides is 1. The summed E-state index contributed by atoms with van der Waals surface area (Å²) < 4.78 is 15.5. The summed E-state index contributed by atoms with van der Waals surface area (Å²) >= 11 is 0. The van der Waals surface area contributed by atoms with Crippen molar-refractivity contribution in [3.05, 3.63) is 31.2 Å². The van der Waals surface area contributed by atoms with Crippen LogP contribution in [0.15, 0.2) is 31.2 Å². The lowest BCUT2D eigenvalue weighted by Gasteiger charge is -2.64. The highest BCUT2D eigenvalue weighted by Gasteiger charge is 2.66. The minimum atomic E-state index is -1.67. The van der Waals surface area contributed by atoms with Crippen LogP contribution in [-0.2, 0) is 4.79 Å². The van der Waals surface area contributed by atoms with Crippen LogP contribution in [0, 0.1) is 11.3 Å². The number of H-pyrrole nitrogens is 1. The minimum absolute atomic E-state index is 0.0474. The molecule has 2 atom stereocenters. The highest BCUT2D eigenvalue weighted by molar-refractivity contribution is 5.87. The van der Waals surface area contributed by atoms with Crippen molar-refractivity contribution in [1.29, 1.82) is 5.26 Å². The van der Waals surface area contributed by atoms with Crippen molar-refractivity contribution < 1.29 is 9.18 Å². The monoisotopic (exact) mass is 354 g/mol. The molecule has 2 aromatic heterocycles. The molecule has 0 radical (unpaired) electrons. The predicted octanol–water partition coefficient (Wildman–Crippen LogP) is 1.95. The molecular formula is C18H19FN6O. The standard InChI is InChI=1S/C18H19FN6O/c1-2-17(19)10-25(14(26)4-7-20)18(17)6-3-9-24(11-18)16-13-5-8-21-15(13)22-12-23-16/h2,5,8,12H,1,3-4,6,9-11H2,(H,21,22,23). The molecule has 0 aliphatic carbocycles. The second kappa shape index (κ2) is 5.80. The molecule has 2 fully saturated rings. The summed E-state index contributed by atoms with van der Waals surface area (Å²) in [6, 6.07) is 3.76. The highest BCUT2D eigenvalue weighted by Crippen LogP contribution is 2.50. The van der Waals surface area contributed by atoms with Gasteiger partial charge in [-0.1, -0.05) is 12.7 Å². The third-order valence-corrected chi connectivity index (χ3v) is 5.64. The van der Waals surface area contributed by atoms with Gasteiger partial charge in [-0.2, -0.15) is 5.26 Å². The normalized spacial score (nSPS) is 28.0. The van der Waals surface area contributed by atoms with Crippen molar-refractivity contribution in [1.82, 2.24) is 19.9 Å². The van der Waals surface area contributed by atoms with Gasteiger partial charge in [0.15, 0.2) is 5.67 Å². The maximum atomic E-state index is 15.5. The van der Waals surface area contributed by atoms with Gasteiger partial charge in [0, 0.05) is 19.3 Å². The van der Waals surface area contributed by atoms with Crippen molar-refractivity contribution in [2.24, 2.45) is 0 Å². The number of carbonyl (C=O) groups excluding carboxylic acids is 1. The van der Waals surface area contributed by atoms with E-state index in [0.29, 0.717) is 25.9 Å². The maximum Gasteiger partial charge on any atom is 0.237 e. The number of rotatable bonds is 3.